The molecule has 3 rings (SSSR count). The lowest BCUT2D eigenvalue weighted by Gasteiger charge is -2.09. The summed E-state index contributed by atoms with van der Waals surface area (Å²) in [5.41, 5.74) is 0.472. The molecular weight excluding hydrogens is 426 g/mol. The minimum Gasteiger partial charge on any atom is -0.470 e. The second-order valence-corrected chi connectivity index (χ2v) is 6.59. The molecule has 0 unspecified atom stereocenters. The van der Waals surface area contributed by atoms with Crippen LogP contribution >= 0.6 is 11.6 Å². The summed E-state index contributed by atoms with van der Waals surface area (Å²) in [6, 6.07) is 12.6. The molecule has 0 aliphatic rings. The molecule has 2 aromatic carbocycles. The molecule has 160 valence electrons. The Balaban J connectivity index is 1.73. The number of anilines is 1. The highest BCUT2D eigenvalue weighted by Gasteiger charge is 2.16. The highest BCUT2D eigenvalue weighted by molar-refractivity contribution is 6.32. The number of amides is 1. The number of nitrogens with zero attached hydrogens (tertiary/aromatic N) is 2. The van der Waals surface area contributed by atoms with Gasteiger partial charge in [0.2, 0.25) is 0 Å². The molecule has 1 amide bonds. The van der Waals surface area contributed by atoms with Crippen LogP contribution in [-0.2, 0) is 16.2 Å². The molecule has 0 aliphatic carbocycles. The van der Waals surface area contributed by atoms with Gasteiger partial charge in [-0.1, -0.05) is 23.7 Å². The summed E-state index contributed by atoms with van der Waals surface area (Å²) in [6.45, 7) is 0.0430. The van der Waals surface area contributed by atoms with Gasteiger partial charge in [0, 0.05) is 11.9 Å². The molecule has 9 nitrogen and oxygen atoms in total. The van der Waals surface area contributed by atoms with Crippen molar-refractivity contribution >= 4 is 35.1 Å². The van der Waals surface area contributed by atoms with Crippen LogP contribution in [0.15, 0.2) is 54.7 Å². The van der Waals surface area contributed by atoms with Crippen molar-refractivity contribution in [1.82, 2.24) is 9.78 Å². The van der Waals surface area contributed by atoms with E-state index in [0.717, 1.165) is 0 Å². The molecule has 0 saturated carbocycles. The Labute approximate surface area is 182 Å². The number of aromatic nitrogens is 2. The number of methoxy groups -OCH3 is 2. The Hall–Kier alpha value is -3.85. The van der Waals surface area contributed by atoms with E-state index in [0.29, 0.717) is 10.8 Å². The van der Waals surface area contributed by atoms with E-state index in [4.69, 9.17) is 16.3 Å². The lowest BCUT2D eigenvalue weighted by molar-refractivity contribution is 0.0599. The minimum absolute atomic E-state index is 0.0430. The number of carbonyl (C=O) groups excluding carboxylic acids is 3. The van der Waals surface area contributed by atoms with Gasteiger partial charge < -0.3 is 19.5 Å². The Morgan fingerprint density at radius 3 is 2.26 bits per heavy atom. The molecule has 0 spiro atoms. The monoisotopic (exact) mass is 443 g/mol. The number of ether oxygens (including phenoxy) is 3. The maximum Gasteiger partial charge on any atom is 0.337 e. The third-order valence-electron chi connectivity index (χ3n) is 4.10. The molecule has 0 fully saturated rings. The van der Waals surface area contributed by atoms with Gasteiger partial charge in [0.25, 0.3) is 5.91 Å². The number of benzene rings is 2. The number of hydrogen-bond donors (Lipinski definition) is 1. The van der Waals surface area contributed by atoms with Gasteiger partial charge in [0.05, 0.1) is 30.4 Å². The molecule has 1 aromatic heterocycles. The fourth-order valence-electron chi connectivity index (χ4n) is 2.62. The maximum absolute atomic E-state index is 12.6. The smallest absolute Gasteiger partial charge is 0.337 e. The van der Waals surface area contributed by atoms with Crippen LogP contribution in [0.1, 0.15) is 31.2 Å². The molecule has 31 heavy (non-hydrogen) atoms. The van der Waals surface area contributed by atoms with Crippen LogP contribution in [0.5, 0.6) is 5.75 Å². The largest absolute Gasteiger partial charge is 0.470 e. The lowest BCUT2D eigenvalue weighted by Crippen LogP contribution is -2.16. The van der Waals surface area contributed by atoms with Crippen molar-refractivity contribution < 1.29 is 28.6 Å². The van der Waals surface area contributed by atoms with Crippen LogP contribution in [0.2, 0.25) is 5.02 Å². The number of rotatable bonds is 7. The quantitative estimate of drug-likeness (QED) is 0.557. The third-order valence-corrected chi connectivity index (χ3v) is 4.41. The molecule has 3 aromatic rings. The molecular formula is C21H18ClN3O6. The van der Waals surface area contributed by atoms with E-state index in [1.165, 1.54) is 43.2 Å². The summed E-state index contributed by atoms with van der Waals surface area (Å²) in [5, 5.41) is 7.21. The van der Waals surface area contributed by atoms with E-state index < -0.39 is 17.8 Å². The van der Waals surface area contributed by atoms with Crippen molar-refractivity contribution in [2.24, 2.45) is 0 Å². The Morgan fingerprint density at radius 1 is 1.00 bits per heavy atom. The van der Waals surface area contributed by atoms with Gasteiger partial charge in [-0.2, -0.15) is 5.10 Å². The maximum atomic E-state index is 12.6. The summed E-state index contributed by atoms with van der Waals surface area (Å²) >= 11 is 6.04. The van der Waals surface area contributed by atoms with Crippen LogP contribution < -0.4 is 10.1 Å². The summed E-state index contributed by atoms with van der Waals surface area (Å²) < 4.78 is 16.4. The first-order chi connectivity index (χ1) is 14.9. The van der Waals surface area contributed by atoms with Gasteiger partial charge in [-0.15, -0.1) is 0 Å². The Bertz CT molecular complexity index is 1090. The fourth-order valence-corrected chi connectivity index (χ4v) is 2.81. The average molecular weight is 444 g/mol. The second-order valence-electron chi connectivity index (χ2n) is 6.18. The Kier molecular flexibility index (Phi) is 6.88. The molecule has 0 bridgehead atoms. The predicted molar refractivity (Wildman–Crippen MR) is 111 cm³/mol. The first kappa shape index (κ1) is 21.8. The van der Waals surface area contributed by atoms with E-state index in [-0.39, 0.29) is 29.2 Å². The normalized spacial score (nSPS) is 10.3. The second kappa shape index (κ2) is 9.77. The van der Waals surface area contributed by atoms with E-state index in [2.05, 4.69) is 19.9 Å². The summed E-state index contributed by atoms with van der Waals surface area (Å²) in [5.74, 6) is -1.39. The zero-order valence-electron chi connectivity index (χ0n) is 16.6. The van der Waals surface area contributed by atoms with Gasteiger partial charge in [-0.25, -0.2) is 14.3 Å². The number of nitrogens with one attached hydrogen (secondary N) is 1. The third kappa shape index (κ3) is 5.40. The van der Waals surface area contributed by atoms with Crippen molar-refractivity contribution in [3.63, 3.8) is 0 Å². The summed E-state index contributed by atoms with van der Waals surface area (Å²) in [7, 11) is 2.42. The van der Waals surface area contributed by atoms with Crippen molar-refractivity contribution in [3.8, 4) is 5.75 Å². The van der Waals surface area contributed by atoms with Crippen LogP contribution in [0.25, 0.3) is 0 Å². The molecule has 0 atom stereocenters. The number of carbonyl (C=O) groups is 3. The van der Waals surface area contributed by atoms with Crippen molar-refractivity contribution in [2.75, 3.05) is 19.5 Å². The van der Waals surface area contributed by atoms with Gasteiger partial charge in [0.1, 0.15) is 5.75 Å². The summed E-state index contributed by atoms with van der Waals surface area (Å²) in [4.78, 5) is 36.3. The van der Waals surface area contributed by atoms with Crippen molar-refractivity contribution in [2.45, 2.75) is 6.73 Å². The molecule has 0 saturated heterocycles. The molecule has 10 heteroatoms. The van der Waals surface area contributed by atoms with E-state index in [1.807, 2.05) is 0 Å². The number of halogens is 1. The minimum atomic E-state index is -0.665. The SMILES string of the molecule is COC(=O)c1cc(NC(=O)c2ccn(COc3ccccc3Cl)n2)cc(C(=O)OC)c1. The van der Waals surface area contributed by atoms with E-state index >= 15 is 0 Å². The topological polar surface area (TPSA) is 109 Å². The van der Waals surface area contributed by atoms with Crippen molar-refractivity contribution in [1.29, 1.82) is 0 Å². The van der Waals surface area contributed by atoms with E-state index in [9.17, 15) is 14.4 Å². The molecule has 1 heterocycles. The highest BCUT2D eigenvalue weighted by atomic mass is 35.5. The van der Waals surface area contributed by atoms with Crippen LogP contribution in [0.3, 0.4) is 0 Å². The van der Waals surface area contributed by atoms with Gasteiger partial charge >= 0.3 is 11.9 Å². The fraction of sp³-hybridized carbons (Fsp3) is 0.143. The molecule has 0 aliphatic heterocycles. The summed E-state index contributed by atoms with van der Waals surface area (Å²) in [6.07, 6.45) is 1.57. The zero-order valence-corrected chi connectivity index (χ0v) is 17.4. The van der Waals surface area contributed by atoms with Crippen LogP contribution in [0, 0.1) is 0 Å². The van der Waals surface area contributed by atoms with Crippen molar-refractivity contribution in [3.05, 3.63) is 76.6 Å². The van der Waals surface area contributed by atoms with Gasteiger partial charge in [-0.3, -0.25) is 4.79 Å². The van der Waals surface area contributed by atoms with Gasteiger partial charge in [0.15, 0.2) is 12.4 Å². The lowest BCUT2D eigenvalue weighted by atomic mass is 10.1. The predicted octanol–water partition coefficient (Wildman–Crippen LogP) is 3.40. The molecule has 1 N–H and O–H groups in total. The average Bonchev–Trinajstić information content (AvgIpc) is 3.26. The number of esters is 2. The zero-order chi connectivity index (χ0) is 22.4. The van der Waals surface area contributed by atoms with Crippen LogP contribution in [-0.4, -0.2) is 41.8 Å². The van der Waals surface area contributed by atoms with Crippen LogP contribution in [0.4, 0.5) is 5.69 Å². The standard InChI is InChI=1S/C21H18ClN3O6/c1-29-20(27)13-9-14(21(28)30-2)11-15(10-13)23-19(26)17-7-8-25(24-17)12-31-18-6-4-3-5-16(18)22/h3-11H,12H2,1-2H3,(H,23,26). The number of hydrogen-bond acceptors (Lipinski definition) is 7. The molecule has 0 radical (unpaired) electrons. The highest BCUT2D eigenvalue weighted by Crippen LogP contribution is 2.23. The van der Waals surface area contributed by atoms with E-state index in [1.54, 1.807) is 30.5 Å². The first-order valence-electron chi connectivity index (χ1n) is 8.95. The first-order valence-corrected chi connectivity index (χ1v) is 9.33. The van der Waals surface area contributed by atoms with Gasteiger partial charge in [-0.05, 0) is 36.4 Å². The number of para-hydroxylation sites is 1. The Morgan fingerprint density at radius 2 is 1.65 bits per heavy atom.